The molecule has 0 aliphatic heterocycles. The lowest BCUT2D eigenvalue weighted by atomic mass is 9.63. The van der Waals surface area contributed by atoms with Crippen LogP contribution in [-0.4, -0.2) is 11.1 Å². The van der Waals surface area contributed by atoms with Crippen molar-refractivity contribution in [2.45, 2.75) is 59.3 Å². The van der Waals surface area contributed by atoms with E-state index in [0.29, 0.717) is 11.8 Å². The fraction of sp³-hybridized carbons (Fsp3) is 0.611. The molecule has 0 unspecified atom stereocenters. The minimum atomic E-state index is -0.618. The Morgan fingerprint density at radius 3 is 2.00 bits per heavy atom. The second-order valence-corrected chi connectivity index (χ2v) is 7.10. The van der Waals surface area contributed by atoms with Crippen LogP contribution in [-0.2, 0) is 17.6 Å². The minimum Gasteiger partial charge on any atom is -0.481 e. The Hall–Kier alpha value is -1.31. The van der Waals surface area contributed by atoms with E-state index in [1.54, 1.807) is 0 Å². The maximum absolute atomic E-state index is 11.8. The number of hydrogen-bond donors (Lipinski definition) is 1. The van der Waals surface area contributed by atoms with Crippen molar-refractivity contribution >= 4 is 5.97 Å². The molecule has 1 aromatic rings. The molecule has 0 heterocycles. The second-order valence-electron chi connectivity index (χ2n) is 7.10. The predicted molar refractivity (Wildman–Crippen MR) is 81.8 cm³/mol. The van der Waals surface area contributed by atoms with Gasteiger partial charge in [0.05, 0.1) is 5.41 Å². The highest BCUT2D eigenvalue weighted by Crippen LogP contribution is 2.46. The van der Waals surface area contributed by atoms with Crippen LogP contribution >= 0.6 is 0 Å². The molecule has 2 heteroatoms. The van der Waals surface area contributed by atoms with Crippen LogP contribution in [0.15, 0.2) is 24.3 Å². The van der Waals surface area contributed by atoms with Crippen LogP contribution in [0.25, 0.3) is 0 Å². The fourth-order valence-corrected chi connectivity index (χ4v) is 3.16. The largest absolute Gasteiger partial charge is 0.481 e. The van der Waals surface area contributed by atoms with Gasteiger partial charge < -0.3 is 5.11 Å². The van der Waals surface area contributed by atoms with E-state index < -0.39 is 11.4 Å². The molecule has 2 nitrogen and oxygen atoms in total. The van der Waals surface area contributed by atoms with Gasteiger partial charge in [-0.2, -0.15) is 0 Å². The second kappa shape index (κ2) is 5.59. The quantitative estimate of drug-likeness (QED) is 0.880. The molecule has 0 saturated heterocycles. The zero-order chi connectivity index (χ0) is 14.8. The zero-order valence-electron chi connectivity index (χ0n) is 12.9. The Kier molecular flexibility index (Phi) is 4.22. The van der Waals surface area contributed by atoms with Gasteiger partial charge in [-0.3, -0.25) is 4.79 Å². The normalized spacial score (nSPS) is 20.6. The molecule has 1 aromatic carbocycles. The summed E-state index contributed by atoms with van der Waals surface area (Å²) in [6.07, 6.45) is 5.30. The van der Waals surface area contributed by atoms with Crippen LogP contribution in [0.2, 0.25) is 0 Å². The Balaban J connectivity index is 2.15. The molecule has 0 amide bonds. The smallest absolute Gasteiger partial charge is 0.309 e. The van der Waals surface area contributed by atoms with E-state index in [1.807, 2.05) is 0 Å². The highest BCUT2D eigenvalue weighted by Gasteiger charge is 2.43. The molecule has 1 aliphatic carbocycles. The van der Waals surface area contributed by atoms with Crippen LogP contribution in [0.1, 0.15) is 57.6 Å². The zero-order valence-corrected chi connectivity index (χ0v) is 12.9. The molecule has 20 heavy (non-hydrogen) atoms. The summed E-state index contributed by atoms with van der Waals surface area (Å²) in [7, 11) is 0. The summed E-state index contributed by atoms with van der Waals surface area (Å²) in [4.78, 5) is 11.8. The van der Waals surface area contributed by atoms with E-state index in [4.69, 9.17) is 0 Å². The van der Waals surface area contributed by atoms with E-state index in [-0.39, 0.29) is 0 Å². The van der Waals surface area contributed by atoms with Gasteiger partial charge in [0, 0.05) is 0 Å². The number of carboxylic acids is 1. The molecule has 110 valence electrons. The summed E-state index contributed by atoms with van der Waals surface area (Å²) in [5.74, 6) is -0.618. The minimum absolute atomic E-state index is 0.297. The molecular formula is C18H26O2. The first-order valence-corrected chi connectivity index (χ1v) is 7.68. The number of carbonyl (C=O) groups is 1. The van der Waals surface area contributed by atoms with Gasteiger partial charge in [0.25, 0.3) is 0 Å². The lowest BCUT2D eigenvalue weighted by molar-refractivity contribution is -0.152. The van der Waals surface area contributed by atoms with Crippen LogP contribution in [0.5, 0.6) is 0 Å². The lowest BCUT2D eigenvalue weighted by Crippen LogP contribution is -2.39. The Morgan fingerprint density at radius 1 is 1.05 bits per heavy atom. The van der Waals surface area contributed by atoms with Crippen LogP contribution < -0.4 is 0 Å². The van der Waals surface area contributed by atoms with Crippen molar-refractivity contribution in [2.24, 2.45) is 10.8 Å². The molecule has 0 atom stereocenters. The maximum atomic E-state index is 11.8. The summed E-state index contributed by atoms with van der Waals surface area (Å²) in [6, 6.07) is 8.45. The van der Waals surface area contributed by atoms with Crippen LogP contribution in [0, 0.1) is 10.8 Å². The molecular weight excluding hydrogens is 248 g/mol. The number of hydrogen-bond acceptors (Lipinski definition) is 1. The van der Waals surface area contributed by atoms with Crippen LogP contribution in [0.3, 0.4) is 0 Å². The SMILES string of the molecule is CCc1ccc(CC2(C(=O)O)CCC(C)(C)CC2)cc1. The van der Waals surface area contributed by atoms with E-state index in [2.05, 4.69) is 45.0 Å². The fourth-order valence-electron chi connectivity index (χ4n) is 3.16. The number of aryl methyl sites for hydroxylation is 1. The number of carboxylic acid groups (broad SMARTS) is 1. The van der Waals surface area contributed by atoms with Crippen molar-refractivity contribution in [1.82, 2.24) is 0 Å². The Morgan fingerprint density at radius 2 is 1.55 bits per heavy atom. The van der Waals surface area contributed by atoms with Crippen molar-refractivity contribution < 1.29 is 9.90 Å². The van der Waals surface area contributed by atoms with Crippen molar-refractivity contribution in [3.05, 3.63) is 35.4 Å². The van der Waals surface area contributed by atoms with Gasteiger partial charge in [0.15, 0.2) is 0 Å². The van der Waals surface area contributed by atoms with Crippen molar-refractivity contribution in [3.63, 3.8) is 0 Å². The van der Waals surface area contributed by atoms with Gasteiger partial charge in [-0.1, -0.05) is 45.0 Å². The first kappa shape index (κ1) is 15.1. The molecule has 1 fully saturated rings. The van der Waals surface area contributed by atoms with Crippen molar-refractivity contribution in [2.75, 3.05) is 0 Å². The van der Waals surface area contributed by atoms with Gasteiger partial charge in [-0.05, 0) is 55.1 Å². The monoisotopic (exact) mass is 274 g/mol. The van der Waals surface area contributed by atoms with Gasteiger partial charge >= 0.3 is 5.97 Å². The number of rotatable bonds is 4. The van der Waals surface area contributed by atoms with E-state index in [1.165, 1.54) is 5.56 Å². The molecule has 0 spiro atoms. The maximum Gasteiger partial charge on any atom is 0.309 e. The Bertz CT molecular complexity index is 461. The highest BCUT2D eigenvalue weighted by molar-refractivity contribution is 5.75. The van der Waals surface area contributed by atoms with Crippen LogP contribution in [0.4, 0.5) is 0 Å². The van der Waals surface area contributed by atoms with Gasteiger partial charge in [-0.15, -0.1) is 0 Å². The first-order chi connectivity index (χ1) is 9.37. The highest BCUT2D eigenvalue weighted by atomic mass is 16.4. The van der Waals surface area contributed by atoms with E-state index in [9.17, 15) is 9.90 Å². The van der Waals surface area contributed by atoms with Crippen molar-refractivity contribution in [1.29, 1.82) is 0 Å². The molecule has 1 N–H and O–H groups in total. The molecule has 1 saturated carbocycles. The third kappa shape index (κ3) is 3.23. The summed E-state index contributed by atoms with van der Waals surface area (Å²) in [6.45, 7) is 6.63. The number of benzene rings is 1. The topological polar surface area (TPSA) is 37.3 Å². The average molecular weight is 274 g/mol. The van der Waals surface area contributed by atoms with E-state index in [0.717, 1.165) is 37.7 Å². The third-order valence-electron chi connectivity index (χ3n) is 4.99. The number of aliphatic carboxylic acids is 1. The van der Waals surface area contributed by atoms with E-state index >= 15 is 0 Å². The van der Waals surface area contributed by atoms with Gasteiger partial charge in [0.2, 0.25) is 0 Å². The molecule has 0 bridgehead atoms. The van der Waals surface area contributed by atoms with Gasteiger partial charge in [-0.25, -0.2) is 0 Å². The summed E-state index contributed by atoms with van der Waals surface area (Å²) < 4.78 is 0. The molecule has 1 aliphatic rings. The standard InChI is InChI=1S/C18H26O2/c1-4-14-5-7-15(8-6-14)13-18(16(19)20)11-9-17(2,3)10-12-18/h5-8H,4,9-13H2,1-3H3,(H,19,20). The lowest BCUT2D eigenvalue weighted by Gasteiger charge is -2.41. The molecule has 0 radical (unpaired) electrons. The summed E-state index contributed by atoms with van der Waals surface area (Å²) >= 11 is 0. The average Bonchev–Trinajstić information content (AvgIpc) is 2.42. The van der Waals surface area contributed by atoms with Gasteiger partial charge in [0.1, 0.15) is 0 Å². The summed E-state index contributed by atoms with van der Waals surface area (Å²) in [5, 5.41) is 9.72. The Labute approximate surface area is 122 Å². The third-order valence-corrected chi connectivity index (χ3v) is 4.99. The summed E-state index contributed by atoms with van der Waals surface area (Å²) in [5.41, 5.74) is 2.21. The first-order valence-electron chi connectivity index (χ1n) is 7.68. The molecule has 0 aromatic heterocycles. The molecule has 2 rings (SSSR count). The predicted octanol–water partition coefficient (Wildman–Crippen LogP) is 4.46. The van der Waals surface area contributed by atoms with Crippen molar-refractivity contribution in [3.8, 4) is 0 Å².